The fourth-order valence-corrected chi connectivity index (χ4v) is 7.01. The average Bonchev–Trinajstić information content (AvgIpc) is 3.45. The lowest BCUT2D eigenvalue weighted by molar-refractivity contribution is 0.0375. The zero-order valence-electron chi connectivity index (χ0n) is 21.2. The van der Waals surface area contributed by atoms with Gasteiger partial charge in [0.25, 0.3) is 5.91 Å². The van der Waals surface area contributed by atoms with Crippen LogP contribution in [0.4, 0.5) is 11.5 Å². The number of halogens is 1. The normalized spacial score (nSPS) is 24.9. The van der Waals surface area contributed by atoms with Crippen LogP contribution in [0.2, 0.25) is 5.02 Å². The minimum absolute atomic E-state index is 0.0592. The zero-order chi connectivity index (χ0) is 27.4. The first-order valence-corrected chi connectivity index (χ1v) is 15.2. The number of benzene rings is 1. The first-order chi connectivity index (χ1) is 17.8. The summed E-state index contributed by atoms with van der Waals surface area (Å²) in [5, 5.41) is 20.3. The predicted octanol–water partition coefficient (Wildman–Crippen LogP) is 3.08. The molecule has 3 aromatic rings. The molecule has 202 valence electrons. The van der Waals surface area contributed by atoms with Gasteiger partial charge in [0.1, 0.15) is 11.4 Å². The number of nitrogen functional groups attached to an aromatic ring is 1. The number of carbonyl (C=O) groups is 1. The van der Waals surface area contributed by atoms with Crippen LogP contribution in [-0.4, -0.2) is 46.1 Å². The van der Waals surface area contributed by atoms with E-state index in [9.17, 15) is 18.3 Å². The first kappa shape index (κ1) is 27.1. The average molecular weight is 576 g/mol. The van der Waals surface area contributed by atoms with E-state index in [2.05, 4.69) is 24.6 Å². The Labute approximate surface area is 229 Å². The molecule has 2 heterocycles. The minimum Gasteiger partial charge on any atom is -0.389 e. The van der Waals surface area contributed by atoms with Crippen molar-refractivity contribution in [1.82, 2.24) is 14.8 Å². The highest BCUT2D eigenvalue weighted by molar-refractivity contribution is 7.90. The van der Waals surface area contributed by atoms with Crippen LogP contribution < -0.4 is 16.4 Å². The van der Waals surface area contributed by atoms with Gasteiger partial charge in [-0.05, 0) is 67.1 Å². The molecule has 0 spiro atoms. The molecule has 0 aliphatic heterocycles. The summed E-state index contributed by atoms with van der Waals surface area (Å²) in [6.45, 7) is 0. The van der Waals surface area contributed by atoms with Crippen molar-refractivity contribution in [1.29, 1.82) is 0 Å². The van der Waals surface area contributed by atoms with Gasteiger partial charge in [0.05, 0.1) is 16.2 Å². The third-order valence-corrected chi connectivity index (χ3v) is 9.96. The number of aliphatic hydroxyl groups is 1. The van der Waals surface area contributed by atoms with Crippen molar-refractivity contribution < 1.29 is 18.3 Å². The highest BCUT2D eigenvalue weighted by Gasteiger charge is 2.50. The number of nitrogens with two attached hydrogens (primary N) is 1. The van der Waals surface area contributed by atoms with E-state index in [1.54, 1.807) is 29.9 Å². The molecule has 2 fully saturated rings. The fraction of sp³-hybridized carbons (Fsp3) is 0.423. The maximum atomic E-state index is 13.3. The number of hydrogen-bond donors (Lipinski definition) is 3. The van der Waals surface area contributed by atoms with Crippen molar-refractivity contribution in [3.05, 3.63) is 58.5 Å². The Morgan fingerprint density at radius 1 is 1.26 bits per heavy atom. The molecule has 2 aliphatic carbocycles. The van der Waals surface area contributed by atoms with Crippen LogP contribution in [0.15, 0.2) is 41.4 Å². The van der Waals surface area contributed by atoms with Crippen LogP contribution in [0, 0.1) is 11.8 Å². The van der Waals surface area contributed by atoms with Gasteiger partial charge in [-0.25, -0.2) is 8.42 Å². The number of amides is 1. The molecule has 38 heavy (non-hydrogen) atoms. The van der Waals surface area contributed by atoms with Crippen molar-refractivity contribution in [2.45, 2.75) is 48.5 Å². The summed E-state index contributed by atoms with van der Waals surface area (Å²) in [5.74, 6) is 0.614. The Bertz CT molecular complexity index is 1490. The van der Waals surface area contributed by atoms with E-state index in [-0.39, 0.29) is 28.6 Å². The molecule has 2 saturated carbocycles. The molecule has 3 atom stereocenters. The lowest BCUT2D eigenvalue weighted by Gasteiger charge is -2.24. The van der Waals surface area contributed by atoms with Gasteiger partial charge >= 0.3 is 0 Å². The third-order valence-electron chi connectivity index (χ3n) is 7.85. The Balaban J connectivity index is 1.29. The van der Waals surface area contributed by atoms with E-state index in [1.807, 2.05) is 6.07 Å². The summed E-state index contributed by atoms with van der Waals surface area (Å²) in [6, 6.07) is 8.49. The number of nitrogens with one attached hydrogen (secondary N) is 1. The van der Waals surface area contributed by atoms with Crippen molar-refractivity contribution in [3.8, 4) is 0 Å². The quantitative estimate of drug-likeness (QED) is 0.384. The van der Waals surface area contributed by atoms with Gasteiger partial charge in [-0.1, -0.05) is 17.7 Å². The van der Waals surface area contributed by atoms with Crippen LogP contribution in [0.1, 0.15) is 53.3 Å². The summed E-state index contributed by atoms with van der Waals surface area (Å²) in [6.07, 6.45) is 5.71. The molecule has 1 aromatic carbocycles. The molecule has 2 aliphatic rings. The van der Waals surface area contributed by atoms with Crippen LogP contribution in [-0.2, 0) is 23.3 Å². The smallest absolute Gasteiger partial charge is 0.261 e. The largest absolute Gasteiger partial charge is 0.389 e. The van der Waals surface area contributed by atoms with Crippen LogP contribution in [0.5, 0.6) is 0 Å². The van der Waals surface area contributed by atoms with Gasteiger partial charge in [0, 0.05) is 48.2 Å². The molecule has 0 bridgehead atoms. The van der Waals surface area contributed by atoms with Gasteiger partial charge in [-0.15, -0.1) is 9.24 Å². The molecule has 0 saturated heterocycles. The summed E-state index contributed by atoms with van der Waals surface area (Å²) < 4.78 is 24.9. The fourth-order valence-electron chi connectivity index (χ4n) is 6.09. The number of pyridine rings is 1. The van der Waals surface area contributed by atoms with Crippen LogP contribution in [0.25, 0.3) is 0 Å². The Kier molecular flexibility index (Phi) is 7.05. The molecule has 2 aromatic heterocycles. The van der Waals surface area contributed by atoms with E-state index >= 15 is 0 Å². The lowest BCUT2D eigenvalue weighted by Crippen LogP contribution is -2.29. The monoisotopic (exact) mass is 575 g/mol. The number of nitrogens with zero attached hydrogens (tertiary/aromatic N) is 3. The van der Waals surface area contributed by atoms with Gasteiger partial charge in [0.15, 0.2) is 9.84 Å². The number of fused-ring (bicyclic) bond motifs is 1. The summed E-state index contributed by atoms with van der Waals surface area (Å²) in [5.41, 5.74) is 7.71. The molecule has 5 rings (SSSR count). The summed E-state index contributed by atoms with van der Waals surface area (Å²) in [7, 11) is 0.955. The molecule has 1 amide bonds. The van der Waals surface area contributed by atoms with Crippen molar-refractivity contribution >= 4 is 53.4 Å². The summed E-state index contributed by atoms with van der Waals surface area (Å²) in [4.78, 5) is 17.7. The van der Waals surface area contributed by atoms with E-state index in [0.29, 0.717) is 52.7 Å². The highest BCUT2D eigenvalue weighted by Crippen LogP contribution is 2.54. The summed E-state index contributed by atoms with van der Waals surface area (Å²) >= 11 is 6.21. The lowest BCUT2D eigenvalue weighted by atomic mass is 9.88. The molecule has 12 heteroatoms. The van der Waals surface area contributed by atoms with E-state index in [1.165, 1.54) is 12.3 Å². The number of sulfone groups is 1. The second kappa shape index (κ2) is 9.90. The van der Waals surface area contributed by atoms with Gasteiger partial charge in [-0.2, -0.15) is 5.10 Å². The molecule has 3 unspecified atom stereocenters. The first-order valence-electron chi connectivity index (χ1n) is 12.4. The SMILES string of the molecule is Cn1nc(C2CC3CC(O)(Cc4ccc(S(C)(=O)=O)cn4)CC3C2)c(C(=O)Nc2ccc(P)c(Cl)c2)c1N. The topological polar surface area (TPSA) is 140 Å². The number of aromatic nitrogens is 3. The van der Waals surface area contributed by atoms with E-state index in [0.717, 1.165) is 24.4 Å². The number of anilines is 2. The Morgan fingerprint density at radius 3 is 2.53 bits per heavy atom. The second-order valence-corrected chi connectivity index (χ2v) is 13.8. The number of carbonyl (C=O) groups excluding carboxylic acids is 1. The maximum Gasteiger partial charge on any atom is 0.261 e. The number of aryl methyl sites for hydroxylation is 1. The van der Waals surface area contributed by atoms with Crippen molar-refractivity contribution in [2.75, 3.05) is 17.3 Å². The van der Waals surface area contributed by atoms with Crippen molar-refractivity contribution in [3.63, 3.8) is 0 Å². The van der Waals surface area contributed by atoms with Gasteiger partial charge in [0.2, 0.25) is 0 Å². The minimum atomic E-state index is -3.32. The third kappa shape index (κ3) is 5.32. The second-order valence-electron chi connectivity index (χ2n) is 10.7. The van der Waals surface area contributed by atoms with Crippen LogP contribution >= 0.6 is 20.8 Å². The van der Waals surface area contributed by atoms with Gasteiger partial charge in [-0.3, -0.25) is 14.5 Å². The molecule has 4 N–H and O–H groups in total. The van der Waals surface area contributed by atoms with E-state index in [4.69, 9.17) is 17.3 Å². The van der Waals surface area contributed by atoms with Crippen molar-refractivity contribution in [2.24, 2.45) is 18.9 Å². The van der Waals surface area contributed by atoms with Gasteiger partial charge < -0.3 is 16.2 Å². The maximum absolute atomic E-state index is 13.3. The Morgan fingerprint density at radius 2 is 1.95 bits per heavy atom. The number of hydrogen-bond acceptors (Lipinski definition) is 7. The predicted molar refractivity (Wildman–Crippen MR) is 151 cm³/mol. The van der Waals surface area contributed by atoms with Crippen LogP contribution in [0.3, 0.4) is 0 Å². The molecular formula is C26H31ClN5O4PS. The Hall–Kier alpha value is -2.52. The highest BCUT2D eigenvalue weighted by atomic mass is 35.5. The molecule has 0 radical (unpaired) electrons. The molecule has 9 nitrogen and oxygen atoms in total. The standard InChI is InChI=1S/C26H31ClN5O4PS/c1-32-24(28)22(25(33)30-17-4-6-21(37)20(27)9-17)23(31-32)14-7-15-10-26(34,11-16(15)8-14)12-18-3-5-19(13-29-18)38(2,35)36/h3-6,9,13-16,34H,7-8,10-12,28,37H2,1-2H3,(H,30,33). The molecular weight excluding hydrogens is 545 g/mol. The zero-order valence-corrected chi connectivity index (χ0v) is 23.9. The number of rotatable bonds is 6. The van der Waals surface area contributed by atoms with E-state index < -0.39 is 15.4 Å².